The molecule has 0 saturated carbocycles. The summed E-state index contributed by atoms with van der Waals surface area (Å²) in [4.78, 5) is 7.96. The molecule has 0 spiro atoms. The molecule has 0 fully saturated rings. The molecule has 0 amide bonds. The third-order valence-corrected chi connectivity index (χ3v) is 4.88. The molecule has 0 bridgehead atoms. The second-order valence-electron chi connectivity index (χ2n) is 5.31. The van der Waals surface area contributed by atoms with Gasteiger partial charge in [0, 0.05) is 40.8 Å². The van der Waals surface area contributed by atoms with Crippen molar-refractivity contribution < 1.29 is 0 Å². The Hall–Kier alpha value is -1.65. The predicted molar refractivity (Wildman–Crippen MR) is 82.9 cm³/mol. The van der Waals surface area contributed by atoms with Crippen LogP contribution in [0.25, 0.3) is 10.9 Å². The van der Waals surface area contributed by atoms with E-state index in [1.165, 1.54) is 41.4 Å². The molecule has 1 unspecified atom stereocenters. The van der Waals surface area contributed by atoms with Crippen LogP contribution >= 0.6 is 11.3 Å². The van der Waals surface area contributed by atoms with Crippen molar-refractivity contribution in [1.82, 2.24) is 15.3 Å². The second kappa shape index (κ2) is 5.04. The normalized spacial score (nSPS) is 18.3. The summed E-state index contributed by atoms with van der Waals surface area (Å²) >= 11 is 1.71. The largest absolute Gasteiger partial charge is 0.357 e. The van der Waals surface area contributed by atoms with E-state index >= 15 is 0 Å². The molecule has 2 heterocycles. The summed E-state index contributed by atoms with van der Waals surface area (Å²) in [5, 5.41) is 8.24. The highest BCUT2D eigenvalue weighted by Crippen LogP contribution is 2.34. The number of H-pyrrole nitrogens is 1. The van der Waals surface area contributed by atoms with E-state index < -0.39 is 0 Å². The van der Waals surface area contributed by atoms with Crippen molar-refractivity contribution in [3.05, 3.63) is 52.1 Å². The average molecular weight is 283 g/mol. The number of nitrogens with one attached hydrogen (secondary N) is 2. The van der Waals surface area contributed by atoms with Crippen molar-refractivity contribution >= 4 is 22.2 Å². The average Bonchev–Trinajstić information content (AvgIpc) is 3.12. The lowest BCUT2D eigenvalue weighted by molar-refractivity contribution is 0.452. The second-order valence-corrected chi connectivity index (χ2v) is 6.29. The van der Waals surface area contributed by atoms with Crippen molar-refractivity contribution in [2.24, 2.45) is 0 Å². The van der Waals surface area contributed by atoms with Gasteiger partial charge in [-0.2, -0.15) is 0 Å². The molecule has 4 rings (SSSR count). The number of thiazole rings is 1. The highest BCUT2D eigenvalue weighted by atomic mass is 32.1. The van der Waals surface area contributed by atoms with Crippen LogP contribution < -0.4 is 5.32 Å². The van der Waals surface area contributed by atoms with Gasteiger partial charge in [0.2, 0.25) is 0 Å². The maximum atomic E-state index is 4.35. The first-order valence-electron chi connectivity index (χ1n) is 7.13. The van der Waals surface area contributed by atoms with Crippen LogP contribution in [0.15, 0.2) is 35.8 Å². The first-order valence-corrected chi connectivity index (χ1v) is 8.01. The number of hydrogen-bond acceptors (Lipinski definition) is 3. The number of nitrogens with zero attached hydrogens (tertiary/aromatic N) is 1. The molecule has 3 nitrogen and oxygen atoms in total. The first-order chi connectivity index (χ1) is 9.92. The minimum absolute atomic E-state index is 0.426. The maximum absolute atomic E-state index is 4.35. The van der Waals surface area contributed by atoms with E-state index in [4.69, 9.17) is 0 Å². The molecule has 1 aromatic carbocycles. The molecule has 0 aliphatic heterocycles. The molecule has 20 heavy (non-hydrogen) atoms. The Bertz CT molecular complexity index is 714. The third kappa shape index (κ3) is 2.05. The molecule has 1 aliphatic carbocycles. The molecular formula is C16H17N3S. The van der Waals surface area contributed by atoms with E-state index in [-0.39, 0.29) is 0 Å². The lowest BCUT2D eigenvalue weighted by Gasteiger charge is -2.23. The van der Waals surface area contributed by atoms with Crippen molar-refractivity contribution in [3.63, 3.8) is 0 Å². The van der Waals surface area contributed by atoms with E-state index in [1.54, 1.807) is 11.3 Å². The summed E-state index contributed by atoms with van der Waals surface area (Å²) < 4.78 is 0. The highest BCUT2D eigenvalue weighted by Gasteiger charge is 2.23. The SMILES string of the molecule is c1ccc2c3c([nH]c2c1)C(NCc1nccs1)CCC3. The van der Waals surface area contributed by atoms with Crippen LogP contribution in [0.2, 0.25) is 0 Å². The van der Waals surface area contributed by atoms with Gasteiger partial charge in [-0.3, -0.25) is 0 Å². The minimum Gasteiger partial charge on any atom is -0.357 e. The molecule has 102 valence electrons. The van der Waals surface area contributed by atoms with Gasteiger partial charge in [-0.25, -0.2) is 4.98 Å². The zero-order chi connectivity index (χ0) is 13.4. The maximum Gasteiger partial charge on any atom is 0.106 e. The van der Waals surface area contributed by atoms with Gasteiger partial charge < -0.3 is 10.3 Å². The van der Waals surface area contributed by atoms with Gasteiger partial charge >= 0.3 is 0 Å². The Morgan fingerprint density at radius 2 is 2.30 bits per heavy atom. The molecule has 1 atom stereocenters. The van der Waals surface area contributed by atoms with E-state index in [0.717, 1.165) is 11.6 Å². The van der Waals surface area contributed by atoms with E-state index in [9.17, 15) is 0 Å². The standard InChI is InChI=1S/C16H17N3S/c1-2-6-13-11(4-1)12-5-3-7-14(16(12)19-13)18-10-15-17-8-9-20-15/h1-2,4,6,8-9,14,18-19H,3,5,7,10H2. The fraction of sp³-hybridized carbons (Fsp3) is 0.312. The number of aromatic amines is 1. The molecule has 2 N–H and O–H groups in total. The number of benzene rings is 1. The van der Waals surface area contributed by atoms with Crippen LogP contribution in [0.3, 0.4) is 0 Å². The predicted octanol–water partition coefficient (Wildman–Crippen LogP) is 3.79. The Labute approximate surface area is 122 Å². The van der Waals surface area contributed by atoms with Crippen molar-refractivity contribution in [1.29, 1.82) is 0 Å². The first kappa shape index (κ1) is 12.1. The van der Waals surface area contributed by atoms with Gasteiger partial charge in [-0.15, -0.1) is 11.3 Å². The molecule has 0 radical (unpaired) electrons. The Kier molecular flexibility index (Phi) is 3.05. The Morgan fingerprint density at radius 3 is 3.20 bits per heavy atom. The van der Waals surface area contributed by atoms with Crippen LogP contribution in [-0.4, -0.2) is 9.97 Å². The van der Waals surface area contributed by atoms with E-state index in [1.807, 2.05) is 11.6 Å². The van der Waals surface area contributed by atoms with E-state index in [2.05, 4.69) is 39.6 Å². The summed E-state index contributed by atoms with van der Waals surface area (Å²) in [7, 11) is 0. The molecular weight excluding hydrogens is 266 g/mol. The van der Waals surface area contributed by atoms with Crippen molar-refractivity contribution in [3.8, 4) is 0 Å². The third-order valence-electron chi connectivity index (χ3n) is 4.10. The van der Waals surface area contributed by atoms with Crippen LogP contribution in [-0.2, 0) is 13.0 Å². The lowest BCUT2D eigenvalue weighted by atomic mass is 9.92. The number of aryl methyl sites for hydroxylation is 1. The smallest absolute Gasteiger partial charge is 0.106 e. The van der Waals surface area contributed by atoms with Crippen molar-refractivity contribution in [2.75, 3.05) is 0 Å². The minimum atomic E-state index is 0.426. The number of para-hydroxylation sites is 1. The summed E-state index contributed by atoms with van der Waals surface area (Å²) in [6, 6.07) is 9.06. The molecule has 1 aliphatic rings. The van der Waals surface area contributed by atoms with Crippen LogP contribution in [0.1, 0.15) is 35.1 Å². The number of hydrogen-bond donors (Lipinski definition) is 2. The van der Waals surface area contributed by atoms with Crippen LogP contribution in [0, 0.1) is 0 Å². The fourth-order valence-electron chi connectivity index (χ4n) is 3.17. The topological polar surface area (TPSA) is 40.7 Å². The molecule has 2 aromatic heterocycles. The molecule has 0 saturated heterocycles. The monoisotopic (exact) mass is 283 g/mol. The summed E-state index contributed by atoms with van der Waals surface area (Å²) in [6.45, 7) is 0.858. The van der Waals surface area contributed by atoms with Gasteiger partial charge in [-0.05, 0) is 30.9 Å². The zero-order valence-electron chi connectivity index (χ0n) is 11.2. The summed E-state index contributed by atoms with van der Waals surface area (Å²) in [5.41, 5.74) is 4.15. The van der Waals surface area contributed by atoms with Crippen LogP contribution in [0.5, 0.6) is 0 Å². The molecule has 3 aromatic rings. The summed E-state index contributed by atoms with van der Waals surface area (Å²) in [5.74, 6) is 0. The number of fused-ring (bicyclic) bond motifs is 3. The zero-order valence-corrected chi connectivity index (χ0v) is 12.0. The van der Waals surface area contributed by atoms with Gasteiger partial charge in [0.05, 0.1) is 0 Å². The molecule has 4 heteroatoms. The Balaban J connectivity index is 1.64. The van der Waals surface area contributed by atoms with Gasteiger partial charge in [-0.1, -0.05) is 18.2 Å². The van der Waals surface area contributed by atoms with Gasteiger partial charge in [0.15, 0.2) is 0 Å². The Morgan fingerprint density at radius 1 is 1.35 bits per heavy atom. The van der Waals surface area contributed by atoms with E-state index in [0.29, 0.717) is 6.04 Å². The quantitative estimate of drug-likeness (QED) is 0.767. The van der Waals surface area contributed by atoms with Gasteiger partial charge in [0.1, 0.15) is 5.01 Å². The highest BCUT2D eigenvalue weighted by molar-refractivity contribution is 7.09. The lowest BCUT2D eigenvalue weighted by Crippen LogP contribution is -2.24. The fourth-order valence-corrected chi connectivity index (χ4v) is 3.74. The summed E-state index contributed by atoms with van der Waals surface area (Å²) in [6.07, 6.45) is 5.52. The van der Waals surface area contributed by atoms with Gasteiger partial charge in [0.25, 0.3) is 0 Å². The number of rotatable bonds is 3. The van der Waals surface area contributed by atoms with Crippen LogP contribution in [0.4, 0.5) is 0 Å². The number of aromatic nitrogens is 2. The van der Waals surface area contributed by atoms with Crippen molar-refractivity contribution in [2.45, 2.75) is 31.8 Å².